The predicted molar refractivity (Wildman–Crippen MR) is 126 cm³/mol. The van der Waals surface area contributed by atoms with Crippen LogP contribution in [0.2, 0.25) is 5.02 Å². The van der Waals surface area contributed by atoms with Crippen LogP contribution in [0.1, 0.15) is 23.1 Å². The molecule has 1 fully saturated rings. The molecule has 182 valence electrons. The minimum Gasteiger partial charge on any atom is -0.493 e. The van der Waals surface area contributed by atoms with Gasteiger partial charge in [-0.15, -0.1) is 0 Å². The second-order valence-electron chi connectivity index (χ2n) is 8.49. The predicted octanol–water partition coefficient (Wildman–Crippen LogP) is 5.36. The standard InChI is InChI=1S/C25H26ClF3N2O3/c1-17-23(25(27,28)29)21-8-7-20(15-22(21)34-24(17)32)33-14-2-9-30-10-12-31(13-11-30)16-18-3-5-19(26)6-4-18/h3-8,15H,2,9-14,16H2,1H3. The summed E-state index contributed by atoms with van der Waals surface area (Å²) in [6.07, 6.45) is -3.86. The molecule has 1 aliphatic rings. The largest absolute Gasteiger partial charge is 0.493 e. The molecule has 0 aliphatic carbocycles. The Morgan fingerprint density at radius 1 is 1.03 bits per heavy atom. The van der Waals surface area contributed by atoms with Crippen molar-refractivity contribution in [3.8, 4) is 5.75 Å². The minimum atomic E-state index is -4.64. The van der Waals surface area contributed by atoms with E-state index in [1.54, 1.807) is 0 Å². The summed E-state index contributed by atoms with van der Waals surface area (Å²) in [7, 11) is 0. The Kier molecular flexibility index (Phi) is 7.50. The monoisotopic (exact) mass is 494 g/mol. The summed E-state index contributed by atoms with van der Waals surface area (Å²) >= 11 is 5.94. The average Bonchev–Trinajstić information content (AvgIpc) is 2.79. The van der Waals surface area contributed by atoms with E-state index in [9.17, 15) is 18.0 Å². The molecule has 0 atom stereocenters. The smallest absolute Gasteiger partial charge is 0.417 e. The maximum Gasteiger partial charge on any atom is 0.417 e. The molecule has 0 amide bonds. The molecule has 0 N–H and O–H groups in total. The first-order valence-electron chi connectivity index (χ1n) is 11.2. The first-order valence-corrected chi connectivity index (χ1v) is 11.5. The van der Waals surface area contributed by atoms with Crippen molar-refractivity contribution < 1.29 is 22.3 Å². The van der Waals surface area contributed by atoms with E-state index >= 15 is 0 Å². The summed E-state index contributed by atoms with van der Waals surface area (Å²) in [6.45, 7) is 7.20. The normalized spacial score (nSPS) is 15.7. The fourth-order valence-electron chi connectivity index (χ4n) is 4.23. The first kappa shape index (κ1) is 24.6. The Morgan fingerprint density at radius 2 is 1.71 bits per heavy atom. The third-order valence-electron chi connectivity index (χ3n) is 6.06. The molecule has 4 rings (SSSR count). The number of rotatable bonds is 7. The number of hydrogen-bond acceptors (Lipinski definition) is 5. The summed E-state index contributed by atoms with van der Waals surface area (Å²) in [6, 6.07) is 12.0. The SMILES string of the molecule is Cc1c(C(F)(F)F)c2ccc(OCCCN3CCN(Cc4ccc(Cl)cc4)CC3)cc2oc1=O. The third-order valence-corrected chi connectivity index (χ3v) is 6.31. The molecule has 0 saturated carbocycles. The first-order chi connectivity index (χ1) is 16.2. The van der Waals surface area contributed by atoms with E-state index in [2.05, 4.69) is 21.9 Å². The Balaban J connectivity index is 1.26. The molecule has 34 heavy (non-hydrogen) atoms. The van der Waals surface area contributed by atoms with Crippen molar-refractivity contribution in [1.29, 1.82) is 0 Å². The molecule has 2 aromatic carbocycles. The molecular formula is C25H26ClF3N2O3. The second kappa shape index (κ2) is 10.4. The third kappa shape index (κ3) is 5.92. The number of ether oxygens (including phenoxy) is 1. The molecule has 5 nitrogen and oxygen atoms in total. The highest BCUT2D eigenvalue weighted by Gasteiger charge is 2.36. The molecule has 9 heteroatoms. The lowest BCUT2D eigenvalue weighted by atomic mass is 10.0. The number of piperazine rings is 1. The molecule has 1 aliphatic heterocycles. The van der Waals surface area contributed by atoms with Crippen molar-refractivity contribution in [1.82, 2.24) is 9.80 Å². The van der Waals surface area contributed by atoms with E-state index in [1.165, 1.54) is 23.8 Å². The summed E-state index contributed by atoms with van der Waals surface area (Å²) < 4.78 is 51.0. The van der Waals surface area contributed by atoms with Crippen LogP contribution in [0.4, 0.5) is 13.2 Å². The number of nitrogens with zero attached hydrogens (tertiary/aromatic N) is 2. The summed E-state index contributed by atoms with van der Waals surface area (Å²) in [5.74, 6) is 0.375. The van der Waals surface area contributed by atoms with Crippen LogP contribution in [0.25, 0.3) is 11.0 Å². The Bertz CT molecular complexity index is 1190. The second-order valence-corrected chi connectivity index (χ2v) is 8.93. The van der Waals surface area contributed by atoms with Crippen LogP contribution < -0.4 is 10.4 Å². The molecular weight excluding hydrogens is 469 g/mol. The quantitative estimate of drug-likeness (QED) is 0.327. The zero-order valence-electron chi connectivity index (χ0n) is 18.8. The van der Waals surface area contributed by atoms with Crippen molar-refractivity contribution in [2.75, 3.05) is 39.3 Å². The highest BCUT2D eigenvalue weighted by atomic mass is 35.5. The Labute approximate surface area is 200 Å². The van der Waals surface area contributed by atoms with Gasteiger partial charge in [0, 0.05) is 61.3 Å². The van der Waals surface area contributed by atoms with Gasteiger partial charge in [0.25, 0.3) is 0 Å². The Hall–Kier alpha value is -2.55. The van der Waals surface area contributed by atoms with Crippen molar-refractivity contribution in [2.24, 2.45) is 0 Å². The number of hydrogen-bond donors (Lipinski definition) is 0. The maximum absolute atomic E-state index is 13.4. The fraction of sp³-hybridized carbons (Fsp3) is 0.400. The van der Waals surface area contributed by atoms with Gasteiger partial charge in [0.1, 0.15) is 11.3 Å². The lowest BCUT2D eigenvalue weighted by molar-refractivity contribution is -0.137. The molecule has 1 saturated heterocycles. The van der Waals surface area contributed by atoms with Crippen LogP contribution in [0, 0.1) is 6.92 Å². The molecule has 1 aromatic heterocycles. The number of halogens is 4. The van der Waals surface area contributed by atoms with Gasteiger partial charge in [-0.25, -0.2) is 4.79 Å². The van der Waals surface area contributed by atoms with E-state index in [0.29, 0.717) is 12.4 Å². The van der Waals surface area contributed by atoms with Crippen LogP contribution in [0.3, 0.4) is 0 Å². The zero-order chi connectivity index (χ0) is 24.3. The summed E-state index contributed by atoms with van der Waals surface area (Å²) in [5, 5.41) is 0.596. The van der Waals surface area contributed by atoms with Gasteiger partial charge >= 0.3 is 11.8 Å². The molecule has 2 heterocycles. The van der Waals surface area contributed by atoms with Gasteiger partial charge in [-0.2, -0.15) is 13.2 Å². The number of benzene rings is 2. The molecule has 0 unspecified atom stereocenters. The highest BCUT2D eigenvalue weighted by molar-refractivity contribution is 6.30. The number of fused-ring (bicyclic) bond motifs is 1. The van der Waals surface area contributed by atoms with Gasteiger partial charge in [0.05, 0.1) is 12.2 Å². The average molecular weight is 495 g/mol. The highest BCUT2D eigenvalue weighted by Crippen LogP contribution is 2.36. The molecule has 0 radical (unpaired) electrons. The van der Waals surface area contributed by atoms with E-state index in [4.69, 9.17) is 20.8 Å². The van der Waals surface area contributed by atoms with Gasteiger partial charge in [-0.1, -0.05) is 23.7 Å². The van der Waals surface area contributed by atoms with Crippen LogP contribution in [0.15, 0.2) is 51.7 Å². The number of alkyl halides is 3. The van der Waals surface area contributed by atoms with E-state index in [1.807, 2.05) is 12.1 Å². The molecule has 0 spiro atoms. The lowest BCUT2D eigenvalue weighted by Gasteiger charge is -2.34. The molecule has 3 aromatic rings. The maximum atomic E-state index is 13.4. The van der Waals surface area contributed by atoms with Crippen molar-refractivity contribution in [3.63, 3.8) is 0 Å². The Morgan fingerprint density at radius 3 is 2.38 bits per heavy atom. The molecule has 0 bridgehead atoms. The van der Waals surface area contributed by atoms with Gasteiger partial charge in [-0.05, 0) is 43.2 Å². The van der Waals surface area contributed by atoms with Crippen LogP contribution in [0.5, 0.6) is 5.75 Å². The fourth-order valence-corrected chi connectivity index (χ4v) is 4.35. The van der Waals surface area contributed by atoms with Gasteiger partial charge in [0.2, 0.25) is 0 Å². The lowest BCUT2D eigenvalue weighted by Crippen LogP contribution is -2.46. The van der Waals surface area contributed by atoms with Gasteiger partial charge in [-0.3, -0.25) is 4.90 Å². The van der Waals surface area contributed by atoms with Crippen LogP contribution in [-0.2, 0) is 12.7 Å². The van der Waals surface area contributed by atoms with Crippen molar-refractivity contribution in [2.45, 2.75) is 26.1 Å². The summed E-state index contributed by atoms with van der Waals surface area (Å²) in [4.78, 5) is 16.7. The van der Waals surface area contributed by atoms with Crippen molar-refractivity contribution >= 4 is 22.6 Å². The zero-order valence-corrected chi connectivity index (χ0v) is 19.6. The van der Waals surface area contributed by atoms with Crippen molar-refractivity contribution in [3.05, 3.63) is 74.6 Å². The van der Waals surface area contributed by atoms with Crippen LogP contribution >= 0.6 is 11.6 Å². The summed E-state index contributed by atoms with van der Waals surface area (Å²) in [5.41, 5.74) is -1.28. The topological polar surface area (TPSA) is 45.9 Å². The van der Waals surface area contributed by atoms with Gasteiger partial charge < -0.3 is 14.1 Å². The van der Waals surface area contributed by atoms with E-state index in [0.717, 1.165) is 57.6 Å². The van der Waals surface area contributed by atoms with Gasteiger partial charge in [0.15, 0.2) is 0 Å². The minimum absolute atomic E-state index is 0.128. The van der Waals surface area contributed by atoms with E-state index in [-0.39, 0.29) is 11.0 Å². The van der Waals surface area contributed by atoms with Crippen LogP contribution in [-0.4, -0.2) is 49.1 Å². The van der Waals surface area contributed by atoms with E-state index < -0.39 is 22.9 Å².